The van der Waals surface area contributed by atoms with Gasteiger partial charge < -0.3 is 25.0 Å². The van der Waals surface area contributed by atoms with Crippen molar-refractivity contribution in [1.29, 1.82) is 0 Å². The molecule has 1 aliphatic heterocycles. The van der Waals surface area contributed by atoms with Crippen LogP contribution in [0.2, 0.25) is 0 Å². The molecule has 1 heterocycles. The molecule has 6 nitrogen and oxygen atoms in total. The lowest BCUT2D eigenvalue weighted by molar-refractivity contribution is 0.0530. The standard InChI is InChI=1S/C17H27N3O3/c1-17(2,3)23-16(21)19-9-8-18-14-6-4-5-7-15(14)20-10-12-22-13-11-20/h4-7,18H,8-13H2,1-3H3,(H,19,21). The second-order valence-corrected chi connectivity index (χ2v) is 6.47. The van der Waals surface area contributed by atoms with Crippen LogP contribution in [-0.4, -0.2) is 51.1 Å². The van der Waals surface area contributed by atoms with E-state index in [1.165, 1.54) is 5.69 Å². The molecule has 0 radical (unpaired) electrons. The molecule has 1 aromatic rings. The Balaban J connectivity index is 1.80. The smallest absolute Gasteiger partial charge is 0.407 e. The van der Waals surface area contributed by atoms with Gasteiger partial charge in [-0.15, -0.1) is 0 Å². The SMILES string of the molecule is CC(C)(C)OC(=O)NCCNc1ccccc1N1CCOCC1. The number of nitrogens with zero attached hydrogens (tertiary/aromatic N) is 1. The van der Waals surface area contributed by atoms with Crippen molar-refractivity contribution in [2.24, 2.45) is 0 Å². The van der Waals surface area contributed by atoms with Crippen molar-refractivity contribution in [3.05, 3.63) is 24.3 Å². The van der Waals surface area contributed by atoms with Gasteiger partial charge in [0, 0.05) is 26.2 Å². The number of rotatable bonds is 5. The van der Waals surface area contributed by atoms with Crippen LogP contribution in [0.25, 0.3) is 0 Å². The summed E-state index contributed by atoms with van der Waals surface area (Å²) in [5.74, 6) is 0. The maximum absolute atomic E-state index is 11.6. The molecule has 2 N–H and O–H groups in total. The van der Waals surface area contributed by atoms with E-state index in [1.54, 1.807) is 0 Å². The van der Waals surface area contributed by atoms with Crippen LogP contribution in [0.3, 0.4) is 0 Å². The summed E-state index contributed by atoms with van der Waals surface area (Å²) in [5, 5.41) is 6.13. The lowest BCUT2D eigenvalue weighted by atomic mass is 10.2. The number of ether oxygens (including phenoxy) is 2. The summed E-state index contributed by atoms with van der Waals surface area (Å²) in [4.78, 5) is 13.9. The summed E-state index contributed by atoms with van der Waals surface area (Å²) in [7, 11) is 0. The highest BCUT2D eigenvalue weighted by atomic mass is 16.6. The van der Waals surface area contributed by atoms with Crippen molar-refractivity contribution in [1.82, 2.24) is 5.32 Å². The molecule has 1 aromatic carbocycles. The van der Waals surface area contributed by atoms with Gasteiger partial charge in [-0.3, -0.25) is 0 Å². The average Bonchev–Trinajstić information content (AvgIpc) is 2.51. The zero-order valence-electron chi connectivity index (χ0n) is 14.2. The van der Waals surface area contributed by atoms with Crippen LogP contribution in [0, 0.1) is 0 Å². The Morgan fingerprint density at radius 3 is 2.61 bits per heavy atom. The summed E-state index contributed by atoms with van der Waals surface area (Å²) in [6.07, 6.45) is -0.388. The minimum atomic E-state index is -0.472. The fourth-order valence-corrected chi connectivity index (χ4v) is 2.38. The normalized spacial score (nSPS) is 15.2. The summed E-state index contributed by atoms with van der Waals surface area (Å²) in [6.45, 7) is 10.0. The predicted molar refractivity (Wildman–Crippen MR) is 92.2 cm³/mol. The molecule has 0 spiro atoms. The number of carbonyl (C=O) groups excluding carboxylic acids is 1. The minimum Gasteiger partial charge on any atom is -0.444 e. The van der Waals surface area contributed by atoms with E-state index >= 15 is 0 Å². The molecule has 23 heavy (non-hydrogen) atoms. The van der Waals surface area contributed by atoms with Gasteiger partial charge in [-0.1, -0.05) is 12.1 Å². The van der Waals surface area contributed by atoms with Gasteiger partial charge >= 0.3 is 6.09 Å². The molecule has 6 heteroatoms. The highest BCUT2D eigenvalue weighted by Gasteiger charge is 2.16. The molecular formula is C17H27N3O3. The first kappa shape index (κ1) is 17.4. The van der Waals surface area contributed by atoms with Gasteiger partial charge in [-0.25, -0.2) is 4.79 Å². The van der Waals surface area contributed by atoms with E-state index in [-0.39, 0.29) is 6.09 Å². The summed E-state index contributed by atoms with van der Waals surface area (Å²) >= 11 is 0. The minimum absolute atomic E-state index is 0.388. The highest BCUT2D eigenvalue weighted by Crippen LogP contribution is 2.25. The van der Waals surface area contributed by atoms with E-state index < -0.39 is 5.60 Å². The van der Waals surface area contributed by atoms with Crippen LogP contribution in [0.4, 0.5) is 16.2 Å². The Hall–Kier alpha value is -1.95. The zero-order valence-corrected chi connectivity index (χ0v) is 14.2. The van der Waals surface area contributed by atoms with Gasteiger partial charge in [-0.05, 0) is 32.9 Å². The topological polar surface area (TPSA) is 62.8 Å². The van der Waals surface area contributed by atoms with Gasteiger partial charge in [0.1, 0.15) is 5.60 Å². The monoisotopic (exact) mass is 321 g/mol. The Kier molecular flexibility index (Phi) is 6.10. The molecule has 1 fully saturated rings. The van der Waals surface area contributed by atoms with Crippen molar-refractivity contribution in [2.75, 3.05) is 49.6 Å². The van der Waals surface area contributed by atoms with Crippen LogP contribution in [0.15, 0.2) is 24.3 Å². The fraction of sp³-hybridized carbons (Fsp3) is 0.588. The van der Waals surface area contributed by atoms with Crippen LogP contribution in [0.1, 0.15) is 20.8 Å². The number of carbonyl (C=O) groups is 1. The van der Waals surface area contributed by atoms with Crippen molar-refractivity contribution in [2.45, 2.75) is 26.4 Å². The van der Waals surface area contributed by atoms with Gasteiger partial charge in [0.2, 0.25) is 0 Å². The fourth-order valence-electron chi connectivity index (χ4n) is 2.38. The average molecular weight is 321 g/mol. The summed E-state index contributed by atoms with van der Waals surface area (Å²) in [5.41, 5.74) is 1.77. The van der Waals surface area contributed by atoms with Crippen LogP contribution in [-0.2, 0) is 9.47 Å². The molecule has 1 saturated heterocycles. The maximum Gasteiger partial charge on any atom is 0.407 e. The van der Waals surface area contributed by atoms with E-state index in [2.05, 4.69) is 27.7 Å². The Morgan fingerprint density at radius 2 is 1.91 bits per heavy atom. The summed E-state index contributed by atoms with van der Waals surface area (Å²) in [6, 6.07) is 8.20. The van der Waals surface area contributed by atoms with Gasteiger partial charge in [0.25, 0.3) is 0 Å². The molecule has 1 aliphatic rings. The third-order valence-electron chi connectivity index (χ3n) is 3.36. The molecule has 0 bridgehead atoms. The first-order valence-corrected chi connectivity index (χ1v) is 8.08. The van der Waals surface area contributed by atoms with E-state index in [0.29, 0.717) is 13.1 Å². The number of alkyl carbamates (subject to hydrolysis) is 1. The van der Waals surface area contributed by atoms with Crippen LogP contribution >= 0.6 is 0 Å². The van der Waals surface area contributed by atoms with Gasteiger partial charge in [-0.2, -0.15) is 0 Å². The van der Waals surface area contributed by atoms with E-state index in [4.69, 9.17) is 9.47 Å². The molecule has 0 atom stereocenters. The first-order valence-electron chi connectivity index (χ1n) is 8.08. The zero-order chi connectivity index (χ0) is 16.7. The second-order valence-electron chi connectivity index (χ2n) is 6.47. The number of amides is 1. The number of morpholine rings is 1. The largest absolute Gasteiger partial charge is 0.444 e. The Labute approximate surface area is 138 Å². The lowest BCUT2D eigenvalue weighted by Crippen LogP contribution is -2.37. The van der Waals surface area contributed by atoms with Crippen molar-refractivity contribution >= 4 is 17.5 Å². The first-order chi connectivity index (χ1) is 11.0. The maximum atomic E-state index is 11.6. The number of hydrogen-bond donors (Lipinski definition) is 2. The predicted octanol–water partition coefficient (Wildman–Crippen LogP) is 2.46. The number of hydrogen-bond acceptors (Lipinski definition) is 5. The third-order valence-corrected chi connectivity index (χ3v) is 3.36. The summed E-state index contributed by atoms with van der Waals surface area (Å²) < 4.78 is 10.6. The van der Waals surface area contributed by atoms with E-state index in [9.17, 15) is 4.79 Å². The quantitative estimate of drug-likeness (QED) is 0.816. The number of benzene rings is 1. The highest BCUT2D eigenvalue weighted by molar-refractivity contribution is 5.70. The molecule has 2 rings (SSSR count). The van der Waals surface area contributed by atoms with Crippen molar-refractivity contribution in [3.63, 3.8) is 0 Å². The number of anilines is 2. The van der Waals surface area contributed by atoms with Gasteiger partial charge in [0.05, 0.1) is 24.6 Å². The number of para-hydroxylation sites is 2. The van der Waals surface area contributed by atoms with Crippen LogP contribution < -0.4 is 15.5 Å². The van der Waals surface area contributed by atoms with Gasteiger partial charge in [0.15, 0.2) is 0 Å². The number of nitrogens with one attached hydrogen (secondary N) is 2. The Bertz CT molecular complexity index is 508. The third kappa shape index (κ3) is 5.98. The molecule has 1 amide bonds. The molecule has 0 unspecified atom stereocenters. The Morgan fingerprint density at radius 1 is 1.22 bits per heavy atom. The molecule has 0 saturated carbocycles. The molecule has 0 aliphatic carbocycles. The molecule has 0 aromatic heterocycles. The second kappa shape index (κ2) is 8.06. The molecule has 128 valence electrons. The van der Waals surface area contributed by atoms with Crippen molar-refractivity contribution < 1.29 is 14.3 Å². The van der Waals surface area contributed by atoms with E-state index in [1.807, 2.05) is 32.9 Å². The van der Waals surface area contributed by atoms with Crippen molar-refractivity contribution in [3.8, 4) is 0 Å². The van der Waals surface area contributed by atoms with E-state index in [0.717, 1.165) is 32.0 Å². The lowest BCUT2D eigenvalue weighted by Gasteiger charge is -2.30. The molecular weight excluding hydrogens is 294 g/mol. The van der Waals surface area contributed by atoms with Crippen LogP contribution in [0.5, 0.6) is 0 Å².